The van der Waals surface area contributed by atoms with Crippen molar-refractivity contribution in [3.8, 4) is 11.5 Å². The van der Waals surface area contributed by atoms with E-state index in [2.05, 4.69) is 30.9 Å². The predicted molar refractivity (Wildman–Crippen MR) is 113 cm³/mol. The SMILES string of the molecule is CN1/C(=C\C(=O)c2cccc(Oc3ccccc3)c2)C(C)(C)c2ccccc21. The number of carbonyl (C=O) groups is 1. The maximum Gasteiger partial charge on any atom is 0.187 e. The molecule has 4 rings (SSSR count). The summed E-state index contributed by atoms with van der Waals surface area (Å²) in [5, 5.41) is 0. The zero-order valence-corrected chi connectivity index (χ0v) is 16.3. The Bertz CT molecular complexity index is 1050. The molecule has 0 aromatic heterocycles. The summed E-state index contributed by atoms with van der Waals surface area (Å²) in [5.41, 5.74) is 3.76. The van der Waals surface area contributed by atoms with Crippen LogP contribution in [0, 0.1) is 0 Å². The molecule has 0 amide bonds. The summed E-state index contributed by atoms with van der Waals surface area (Å²) < 4.78 is 5.87. The molecule has 0 saturated heterocycles. The lowest BCUT2D eigenvalue weighted by molar-refractivity contribution is 0.104. The molecule has 28 heavy (non-hydrogen) atoms. The fourth-order valence-electron chi connectivity index (χ4n) is 3.80. The Morgan fingerprint density at radius 1 is 0.893 bits per heavy atom. The van der Waals surface area contributed by atoms with E-state index in [1.165, 1.54) is 5.56 Å². The molecule has 0 saturated carbocycles. The molecule has 0 radical (unpaired) electrons. The van der Waals surface area contributed by atoms with Gasteiger partial charge in [-0.15, -0.1) is 0 Å². The number of para-hydroxylation sites is 2. The molecule has 0 atom stereocenters. The number of benzene rings is 3. The van der Waals surface area contributed by atoms with E-state index in [1.54, 1.807) is 12.1 Å². The number of rotatable bonds is 4. The van der Waals surface area contributed by atoms with Crippen LogP contribution in [0.2, 0.25) is 0 Å². The molecule has 3 aromatic rings. The van der Waals surface area contributed by atoms with Crippen LogP contribution in [0.5, 0.6) is 11.5 Å². The maximum absolute atomic E-state index is 13.0. The Morgan fingerprint density at radius 2 is 1.57 bits per heavy atom. The summed E-state index contributed by atoms with van der Waals surface area (Å²) in [6.07, 6.45) is 1.75. The minimum Gasteiger partial charge on any atom is -0.457 e. The molecular formula is C25H23NO2. The van der Waals surface area contributed by atoms with Crippen LogP contribution < -0.4 is 9.64 Å². The Balaban J connectivity index is 1.63. The summed E-state index contributed by atoms with van der Waals surface area (Å²) in [4.78, 5) is 15.1. The second-order valence-electron chi connectivity index (χ2n) is 7.54. The zero-order valence-electron chi connectivity index (χ0n) is 16.3. The summed E-state index contributed by atoms with van der Waals surface area (Å²) in [6.45, 7) is 4.31. The zero-order chi connectivity index (χ0) is 19.7. The van der Waals surface area contributed by atoms with E-state index >= 15 is 0 Å². The smallest absolute Gasteiger partial charge is 0.187 e. The first-order valence-electron chi connectivity index (χ1n) is 9.39. The molecule has 0 unspecified atom stereocenters. The van der Waals surface area contributed by atoms with Crippen molar-refractivity contribution in [3.63, 3.8) is 0 Å². The van der Waals surface area contributed by atoms with E-state index in [-0.39, 0.29) is 11.2 Å². The molecule has 1 aliphatic rings. The van der Waals surface area contributed by atoms with Crippen LogP contribution in [0.3, 0.4) is 0 Å². The minimum atomic E-state index is -0.223. The summed E-state index contributed by atoms with van der Waals surface area (Å²) in [5.74, 6) is 1.37. The third-order valence-electron chi connectivity index (χ3n) is 5.31. The van der Waals surface area contributed by atoms with Gasteiger partial charge in [-0.05, 0) is 35.9 Å². The number of ether oxygens (including phenoxy) is 1. The van der Waals surface area contributed by atoms with Gasteiger partial charge in [0.1, 0.15) is 11.5 Å². The van der Waals surface area contributed by atoms with Crippen molar-refractivity contribution in [3.05, 3.63) is 102 Å². The summed E-state index contributed by atoms with van der Waals surface area (Å²) in [7, 11) is 2.02. The van der Waals surface area contributed by atoms with Crippen molar-refractivity contribution in [2.75, 3.05) is 11.9 Å². The lowest BCUT2D eigenvalue weighted by atomic mass is 9.83. The molecule has 0 spiro atoms. The third kappa shape index (κ3) is 3.20. The van der Waals surface area contributed by atoms with Crippen LogP contribution in [-0.2, 0) is 5.41 Å². The van der Waals surface area contributed by atoms with Gasteiger partial charge >= 0.3 is 0 Å². The quantitative estimate of drug-likeness (QED) is 0.419. The highest BCUT2D eigenvalue weighted by Crippen LogP contribution is 2.46. The maximum atomic E-state index is 13.0. The monoisotopic (exact) mass is 369 g/mol. The molecule has 1 heterocycles. The number of fused-ring (bicyclic) bond motifs is 1. The number of hydrogen-bond donors (Lipinski definition) is 0. The third-order valence-corrected chi connectivity index (χ3v) is 5.31. The van der Waals surface area contributed by atoms with Gasteiger partial charge in [-0.1, -0.05) is 62.4 Å². The Labute approximate surface area is 165 Å². The second-order valence-corrected chi connectivity index (χ2v) is 7.54. The van der Waals surface area contributed by atoms with Crippen molar-refractivity contribution in [2.24, 2.45) is 0 Å². The standard InChI is InChI=1S/C25H23NO2/c1-25(2)21-14-7-8-15-22(21)26(3)24(25)17-23(27)18-10-9-13-20(16-18)28-19-11-5-4-6-12-19/h4-17H,1-3H3/b24-17-. The molecule has 0 bridgehead atoms. The topological polar surface area (TPSA) is 29.5 Å². The van der Waals surface area contributed by atoms with Gasteiger partial charge in [0.15, 0.2) is 5.78 Å². The second kappa shape index (κ2) is 7.01. The molecule has 3 aromatic carbocycles. The van der Waals surface area contributed by atoms with Gasteiger partial charge in [-0.3, -0.25) is 4.79 Å². The molecule has 0 aliphatic carbocycles. The van der Waals surface area contributed by atoms with E-state index in [1.807, 2.05) is 67.7 Å². The lowest BCUT2D eigenvalue weighted by Gasteiger charge is -2.24. The number of allylic oxidation sites excluding steroid dienone is 2. The molecule has 3 nitrogen and oxygen atoms in total. The van der Waals surface area contributed by atoms with Gasteiger partial charge in [-0.2, -0.15) is 0 Å². The number of likely N-dealkylation sites (N-methyl/N-ethyl adjacent to an activating group) is 1. The highest BCUT2D eigenvalue weighted by molar-refractivity contribution is 6.06. The van der Waals surface area contributed by atoms with E-state index in [4.69, 9.17) is 4.74 Å². The van der Waals surface area contributed by atoms with Crippen LogP contribution in [-0.4, -0.2) is 12.8 Å². The van der Waals surface area contributed by atoms with Gasteiger partial charge in [0, 0.05) is 35.5 Å². The number of hydrogen-bond acceptors (Lipinski definition) is 3. The Kier molecular flexibility index (Phi) is 4.52. The van der Waals surface area contributed by atoms with Crippen LogP contribution in [0.1, 0.15) is 29.8 Å². The van der Waals surface area contributed by atoms with E-state index in [0.717, 1.165) is 17.1 Å². The normalized spacial score (nSPS) is 16.1. The minimum absolute atomic E-state index is 0.0266. The van der Waals surface area contributed by atoms with Crippen molar-refractivity contribution in [1.29, 1.82) is 0 Å². The van der Waals surface area contributed by atoms with Crippen molar-refractivity contribution in [1.82, 2.24) is 0 Å². The fraction of sp³-hybridized carbons (Fsp3) is 0.160. The van der Waals surface area contributed by atoms with Gasteiger partial charge < -0.3 is 9.64 Å². The van der Waals surface area contributed by atoms with Crippen LogP contribution in [0.15, 0.2) is 90.6 Å². The van der Waals surface area contributed by atoms with Gasteiger partial charge in [0.05, 0.1) is 0 Å². The van der Waals surface area contributed by atoms with Gasteiger partial charge in [-0.25, -0.2) is 0 Å². The molecule has 0 fully saturated rings. The highest BCUT2D eigenvalue weighted by Gasteiger charge is 2.38. The highest BCUT2D eigenvalue weighted by atomic mass is 16.5. The number of carbonyl (C=O) groups excluding carboxylic acids is 1. The lowest BCUT2D eigenvalue weighted by Crippen LogP contribution is -2.24. The average Bonchev–Trinajstić information content (AvgIpc) is 2.90. The molecule has 3 heteroatoms. The van der Waals surface area contributed by atoms with Gasteiger partial charge in [0.25, 0.3) is 0 Å². The molecular weight excluding hydrogens is 346 g/mol. The average molecular weight is 369 g/mol. The Hall–Kier alpha value is -3.33. The molecule has 0 N–H and O–H groups in total. The first-order valence-corrected chi connectivity index (χ1v) is 9.39. The number of anilines is 1. The fourth-order valence-corrected chi connectivity index (χ4v) is 3.80. The van der Waals surface area contributed by atoms with Crippen molar-refractivity contribution >= 4 is 11.5 Å². The number of nitrogens with zero attached hydrogens (tertiary/aromatic N) is 1. The van der Waals surface area contributed by atoms with Gasteiger partial charge in [0.2, 0.25) is 0 Å². The molecule has 140 valence electrons. The summed E-state index contributed by atoms with van der Waals surface area (Å²) >= 11 is 0. The van der Waals surface area contributed by atoms with Crippen molar-refractivity contribution in [2.45, 2.75) is 19.3 Å². The molecule has 1 aliphatic heterocycles. The largest absolute Gasteiger partial charge is 0.457 e. The van der Waals surface area contributed by atoms with E-state index < -0.39 is 0 Å². The first kappa shape index (κ1) is 18.1. The Morgan fingerprint density at radius 3 is 2.32 bits per heavy atom. The summed E-state index contributed by atoms with van der Waals surface area (Å²) in [6, 6.07) is 25.2. The predicted octanol–water partition coefficient (Wildman–Crippen LogP) is 5.97. The van der Waals surface area contributed by atoms with Crippen LogP contribution in [0.4, 0.5) is 5.69 Å². The van der Waals surface area contributed by atoms with E-state index in [9.17, 15) is 4.79 Å². The van der Waals surface area contributed by atoms with E-state index in [0.29, 0.717) is 11.3 Å². The first-order chi connectivity index (χ1) is 13.5. The van der Waals surface area contributed by atoms with Crippen LogP contribution >= 0.6 is 0 Å². The van der Waals surface area contributed by atoms with Crippen LogP contribution in [0.25, 0.3) is 0 Å². The number of ketones is 1. The van der Waals surface area contributed by atoms with Crippen molar-refractivity contribution < 1.29 is 9.53 Å².